The summed E-state index contributed by atoms with van der Waals surface area (Å²) in [6, 6.07) is 0. The van der Waals surface area contributed by atoms with Crippen LogP contribution in [0.1, 0.15) is 58.3 Å². The molecule has 0 heterocycles. The molecule has 0 aliphatic carbocycles. The smallest absolute Gasteiger partial charge is 0.371 e. The highest BCUT2D eigenvalue weighted by Crippen LogP contribution is 2.10. The monoisotopic (exact) mass is 268 g/mol. The predicted molar refractivity (Wildman–Crippen MR) is 74.6 cm³/mol. The van der Waals surface area contributed by atoms with E-state index in [9.17, 15) is 9.59 Å². The second kappa shape index (κ2) is 11.5. The average Bonchev–Trinajstić information content (AvgIpc) is 2.39. The van der Waals surface area contributed by atoms with Crippen molar-refractivity contribution in [1.29, 1.82) is 0 Å². The van der Waals surface area contributed by atoms with Crippen molar-refractivity contribution in [2.75, 3.05) is 0 Å². The Bertz CT molecular complexity index is 318. The van der Waals surface area contributed by atoms with E-state index in [1.54, 1.807) is 0 Å². The lowest BCUT2D eigenvalue weighted by Gasteiger charge is -2.02. The number of esters is 1. The number of hydrogen-bond acceptors (Lipinski definition) is 3. The Labute approximate surface area is 115 Å². The summed E-state index contributed by atoms with van der Waals surface area (Å²) in [7, 11) is 0. The molecule has 108 valence electrons. The number of rotatable bonds is 11. The highest BCUT2D eigenvalue weighted by Gasteiger charge is 2.11. The number of allylic oxidation sites excluding steroid dienone is 1. The minimum absolute atomic E-state index is 0.309. The number of carboxylic acids is 1. The van der Waals surface area contributed by atoms with Crippen molar-refractivity contribution in [3.63, 3.8) is 0 Å². The molecule has 0 atom stereocenters. The van der Waals surface area contributed by atoms with Crippen molar-refractivity contribution in [2.24, 2.45) is 0 Å². The van der Waals surface area contributed by atoms with Crippen molar-refractivity contribution in [3.05, 3.63) is 24.5 Å². The molecule has 1 N–H and O–H groups in total. The molecular weight excluding hydrogens is 244 g/mol. The highest BCUT2D eigenvalue weighted by atomic mass is 16.6. The number of unbranched alkanes of at least 4 members (excludes halogenated alkanes) is 7. The van der Waals surface area contributed by atoms with Crippen LogP contribution in [-0.4, -0.2) is 17.0 Å². The fraction of sp³-hybridized carbons (Fsp3) is 0.600. The van der Waals surface area contributed by atoms with E-state index in [1.807, 2.05) is 0 Å². The van der Waals surface area contributed by atoms with Crippen molar-refractivity contribution in [1.82, 2.24) is 0 Å². The second-order valence-electron chi connectivity index (χ2n) is 4.41. The van der Waals surface area contributed by atoms with Gasteiger partial charge in [-0.1, -0.05) is 52.0 Å². The summed E-state index contributed by atoms with van der Waals surface area (Å²) in [5.41, 5.74) is 0. The van der Waals surface area contributed by atoms with Gasteiger partial charge in [0.15, 0.2) is 0 Å². The first-order valence-corrected chi connectivity index (χ1v) is 6.89. The van der Waals surface area contributed by atoms with Crippen LogP contribution in [0.5, 0.6) is 0 Å². The highest BCUT2D eigenvalue weighted by molar-refractivity contribution is 5.90. The summed E-state index contributed by atoms with van der Waals surface area (Å²) in [4.78, 5) is 21.7. The van der Waals surface area contributed by atoms with E-state index in [1.165, 1.54) is 38.2 Å². The molecule has 0 rings (SSSR count). The quantitative estimate of drug-likeness (QED) is 0.268. The Morgan fingerprint density at radius 1 is 1.11 bits per heavy atom. The lowest BCUT2D eigenvalue weighted by Crippen LogP contribution is -2.09. The van der Waals surface area contributed by atoms with Crippen molar-refractivity contribution < 1.29 is 19.4 Å². The molecule has 0 fully saturated rings. The summed E-state index contributed by atoms with van der Waals surface area (Å²) in [6.45, 7) is 5.41. The summed E-state index contributed by atoms with van der Waals surface area (Å²) in [6.07, 6.45) is 11.2. The minimum Gasteiger partial charge on any atom is -0.475 e. The van der Waals surface area contributed by atoms with Crippen LogP contribution in [0.2, 0.25) is 0 Å². The molecule has 0 aliphatic heterocycles. The molecule has 0 aliphatic rings. The molecule has 0 bridgehead atoms. The molecule has 4 nitrogen and oxygen atoms in total. The maximum absolute atomic E-state index is 10.9. The van der Waals surface area contributed by atoms with Crippen molar-refractivity contribution in [3.8, 4) is 0 Å². The van der Waals surface area contributed by atoms with Gasteiger partial charge in [0.25, 0.3) is 0 Å². The maximum Gasteiger partial charge on any atom is 0.371 e. The van der Waals surface area contributed by atoms with Crippen LogP contribution in [0, 0.1) is 0 Å². The van der Waals surface area contributed by atoms with Crippen LogP contribution in [-0.2, 0) is 14.3 Å². The standard InChI is InChI=1S/C15H24O4/c1-3-5-6-7-8-9-10-11-12-13(15(17)18)19-14(16)4-2/h4,12H,2-3,5-11H2,1H3,(H,17,18). The zero-order chi connectivity index (χ0) is 14.5. The summed E-state index contributed by atoms with van der Waals surface area (Å²) in [5, 5.41) is 8.84. The normalized spacial score (nSPS) is 11.1. The molecule has 0 amide bonds. The van der Waals surface area contributed by atoms with E-state index in [0.717, 1.165) is 18.9 Å². The van der Waals surface area contributed by atoms with E-state index < -0.39 is 11.9 Å². The maximum atomic E-state index is 10.9. The van der Waals surface area contributed by atoms with Gasteiger partial charge in [-0.15, -0.1) is 0 Å². The minimum atomic E-state index is -1.22. The molecule has 0 saturated carbocycles. The van der Waals surface area contributed by atoms with Gasteiger partial charge < -0.3 is 9.84 Å². The number of aliphatic carboxylic acids is 1. The first kappa shape index (κ1) is 17.4. The molecule has 0 aromatic heterocycles. The SMILES string of the molecule is C=CC(=O)OC(=CCCCCCCCCC)C(=O)O. The van der Waals surface area contributed by atoms with Crippen LogP contribution in [0.4, 0.5) is 0 Å². The Morgan fingerprint density at radius 2 is 1.68 bits per heavy atom. The van der Waals surface area contributed by atoms with Crippen LogP contribution in [0.15, 0.2) is 24.5 Å². The summed E-state index contributed by atoms with van der Waals surface area (Å²) >= 11 is 0. The first-order chi connectivity index (χ1) is 9.11. The Balaban J connectivity index is 3.83. The molecule has 0 aromatic carbocycles. The van der Waals surface area contributed by atoms with Crippen molar-refractivity contribution >= 4 is 11.9 Å². The van der Waals surface area contributed by atoms with E-state index in [2.05, 4.69) is 18.2 Å². The fourth-order valence-corrected chi connectivity index (χ4v) is 1.66. The predicted octanol–water partition coefficient (Wildman–Crippen LogP) is 3.82. The van der Waals surface area contributed by atoms with E-state index in [-0.39, 0.29) is 5.76 Å². The summed E-state index contributed by atoms with van der Waals surface area (Å²) in [5.74, 6) is -2.28. The molecular formula is C15H24O4. The Kier molecular flexibility index (Phi) is 10.6. The molecule has 4 heteroatoms. The molecule has 0 aromatic rings. The van der Waals surface area contributed by atoms with E-state index in [0.29, 0.717) is 6.42 Å². The lowest BCUT2D eigenvalue weighted by molar-refractivity contribution is -0.144. The van der Waals surface area contributed by atoms with Crippen molar-refractivity contribution in [2.45, 2.75) is 58.3 Å². The number of carbonyl (C=O) groups excluding carboxylic acids is 1. The van der Waals surface area contributed by atoms with Gasteiger partial charge >= 0.3 is 11.9 Å². The van der Waals surface area contributed by atoms with Gasteiger partial charge in [-0.05, 0) is 18.9 Å². The van der Waals surface area contributed by atoms with Gasteiger partial charge in [-0.2, -0.15) is 0 Å². The van der Waals surface area contributed by atoms with E-state index in [4.69, 9.17) is 5.11 Å². The zero-order valence-corrected chi connectivity index (χ0v) is 11.7. The Morgan fingerprint density at radius 3 is 2.21 bits per heavy atom. The van der Waals surface area contributed by atoms with Gasteiger partial charge in [0.05, 0.1) is 0 Å². The average molecular weight is 268 g/mol. The van der Waals surface area contributed by atoms with Gasteiger partial charge in [0, 0.05) is 6.08 Å². The number of carbonyl (C=O) groups is 2. The molecule has 19 heavy (non-hydrogen) atoms. The molecule has 0 radical (unpaired) electrons. The van der Waals surface area contributed by atoms with Gasteiger partial charge in [0.2, 0.25) is 5.76 Å². The largest absolute Gasteiger partial charge is 0.475 e. The van der Waals surface area contributed by atoms with Crippen LogP contribution in [0.3, 0.4) is 0 Å². The van der Waals surface area contributed by atoms with Gasteiger partial charge in [-0.3, -0.25) is 0 Å². The first-order valence-electron chi connectivity index (χ1n) is 6.89. The zero-order valence-electron chi connectivity index (χ0n) is 11.7. The number of carboxylic acid groups (broad SMARTS) is 1. The third kappa shape index (κ3) is 10.1. The molecule has 0 saturated heterocycles. The topological polar surface area (TPSA) is 63.6 Å². The van der Waals surface area contributed by atoms with Crippen LogP contribution >= 0.6 is 0 Å². The van der Waals surface area contributed by atoms with Gasteiger partial charge in [-0.25, -0.2) is 9.59 Å². The molecule has 0 spiro atoms. The third-order valence-electron chi connectivity index (χ3n) is 2.73. The van der Waals surface area contributed by atoms with Crippen LogP contribution < -0.4 is 0 Å². The summed E-state index contributed by atoms with van der Waals surface area (Å²) < 4.78 is 4.63. The van der Waals surface area contributed by atoms with E-state index >= 15 is 0 Å². The second-order valence-corrected chi connectivity index (χ2v) is 4.41. The third-order valence-corrected chi connectivity index (χ3v) is 2.73. The van der Waals surface area contributed by atoms with Gasteiger partial charge in [0.1, 0.15) is 0 Å². The number of hydrogen-bond donors (Lipinski definition) is 1. The Hall–Kier alpha value is -1.58. The fourth-order valence-electron chi connectivity index (χ4n) is 1.66. The lowest BCUT2D eigenvalue weighted by atomic mass is 10.1. The molecule has 0 unspecified atom stereocenters. The van der Waals surface area contributed by atoms with Crippen LogP contribution in [0.25, 0.3) is 0 Å². The number of ether oxygens (including phenoxy) is 1.